The number of phenolic OH excluding ortho intramolecular Hbond substituents is 2. The zero-order valence-corrected chi connectivity index (χ0v) is 17.2. The van der Waals surface area contributed by atoms with Gasteiger partial charge in [-0.05, 0) is 16.9 Å². The third-order valence-corrected chi connectivity index (χ3v) is 5.25. The molecule has 0 spiro atoms. The van der Waals surface area contributed by atoms with E-state index in [1.807, 2.05) is 0 Å². The Kier molecular flexibility index (Phi) is 6.61. The molecule has 0 unspecified atom stereocenters. The van der Waals surface area contributed by atoms with Crippen LogP contribution in [0.2, 0.25) is 0 Å². The number of carboxylic acids is 1. The predicted molar refractivity (Wildman–Crippen MR) is 106 cm³/mol. The summed E-state index contributed by atoms with van der Waals surface area (Å²) in [4.78, 5) is 22.8. The summed E-state index contributed by atoms with van der Waals surface area (Å²) in [5.74, 6) is -16.6. The van der Waals surface area contributed by atoms with Crippen molar-refractivity contribution in [2.75, 3.05) is 5.32 Å². The summed E-state index contributed by atoms with van der Waals surface area (Å²) < 4.78 is 100. The summed E-state index contributed by atoms with van der Waals surface area (Å²) in [5.41, 5.74) is -6.93. The Morgan fingerprint density at radius 2 is 1.54 bits per heavy atom. The van der Waals surface area contributed by atoms with Gasteiger partial charge in [0.1, 0.15) is 24.2 Å². The van der Waals surface area contributed by atoms with E-state index in [1.54, 1.807) is 0 Å². The van der Waals surface area contributed by atoms with Crippen LogP contribution in [-0.4, -0.2) is 41.4 Å². The molecule has 182 valence electrons. The zero-order chi connectivity index (χ0) is 26.4. The number of aromatic carboxylic acids is 1. The van der Waals surface area contributed by atoms with Gasteiger partial charge in [-0.2, -0.15) is 0 Å². The van der Waals surface area contributed by atoms with Gasteiger partial charge in [0.05, 0.1) is 11.1 Å². The molecule has 4 N–H and O–H groups in total. The fraction of sp³-hybridized carbons (Fsp3) is 0.0526. The third-order valence-electron chi connectivity index (χ3n) is 4.35. The molecule has 0 atom stereocenters. The van der Waals surface area contributed by atoms with Gasteiger partial charge < -0.3 is 25.4 Å². The van der Waals surface area contributed by atoms with Crippen molar-refractivity contribution < 1.29 is 60.4 Å². The molecule has 0 saturated carbocycles. The van der Waals surface area contributed by atoms with Gasteiger partial charge in [0, 0.05) is 11.6 Å². The number of rotatable bonds is 5. The Bertz CT molecular complexity index is 1350. The van der Waals surface area contributed by atoms with Gasteiger partial charge in [-0.3, -0.25) is 4.79 Å². The van der Waals surface area contributed by atoms with E-state index in [2.05, 4.69) is 4.74 Å². The van der Waals surface area contributed by atoms with Crippen LogP contribution >= 0.6 is 11.3 Å². The molecule has 0 aliphatic carbocycles. The molecule has 1 amide bonds. The average Bonchev–Trinajstić information content (AvgIpc) is 3.25. The number of alkyl halides is 3. The third kappa shape index (κ3) is 4.69. The van der Waals surface area contributed by atoms with E-state index < -0.39 is 91.5 Å². The number of carbonyl (C=O) groups excluding carboxylic acids is 1. The number of halogens is 7. The van der Waals surface area contributed by atoms with Gasteiger partial charge in [0.15, 0.2) is 34.8 Å². The number of carboxylic acid groups (broad SMARTS) is 1. The number of nitrogens with one attached hydrogen (secondary N) is 1. The van der Waals surface area contributed by atoms with Crippen LogP contribution in [0.1, 0.15) is 20.0 Å². The highest BCUT2D eigenvalue weighted by Crippen LogP contribution is 2.42. The van der Waals surface area contributed by atoms with E-state index in [0.29, 0.717) is 11.3 Å². The topological polar surface area (TPSA) is 116 Å². The Labute approximate surface area is 194 Å². The van der Waals surface area contributed by atoms with Crippen LogP contribution in [0.25, 0.3) is 11.1 Å². The number of anilines is 1. The number of carbonyl (C=O) groups is 2. The number of hydrogen-bond acceptors (Lipinski definition) is 6. The maximum atomic E-state index is 14.8. The SMILES string of the molecule is [B]c1c(OC(F)(F)F)c(O)cc(O)c1-c1c(F)c(F)c(NC(=O)c2ccsc2C(=O)O)c(F)c1F. The molecule has 0 bridgehead atoms. The molecule has 35 heavy (non-hydrogen) atoms. The fourth-order valence-corrected chi connectivity index (χ4v) is 3.67. The van der Waals surface area contributed by atoms with Crippen LogP contribution in [0.15, 0.2) is 17.5 Å². The van der Waals surface area contributed by atoms with Crippen molar-refractivity contribution in [1.29, 1.82) is 0 Å². The van der Waals surface area contributed by atoms with Crippen LogP contribution in [-0.2, 0) is 0 Å². The normalized spacial score (nSPS) is 11.4. The molecule has 0 aliphatic rings. The van der Waals surface area contributed by atoms with Gasteiger partial charge in [-0.25, -0.2) is 22.4 Å². The highest BCUT2D eigenvalue weighted by molar-refractivity contribution is 7.12. The van der Waals surface area contributed by atoms with Crippen LogP contribution in [0.4, 0.5) is 36.4 Å². The highest BCUT2D eigenvalue weighted by Gasteiger charge is 2.36. The Hall–Kier alpha value is -3.95. The number of ether oxygens (including phenoxy) is 1. The van der Waals surface area contributed by atoms with Crippen molar-refractivity contribution in [2.45, 2.75) is 6.36 Å². The van der Waals surface area contributed by atoms with Crippen LogP contribution in [0, 0.1) is 23.3 Å². The second-order valence-electron chi connectivity index (χ2n) is 6.51. The highest BCUT2D eigenvalue weighted by atomic mass is 32.1. The van der Waals surface area contributed by atoms with Gasteiger partial charge in [0.2, 0.25) is 0 Å². The van der Waals surface area contributed by atoms with Crippen LogP contribution < -0.4 is 15.5 Å². The molecule has 1 heterocycles. The van der Waals surface area contributed by atoms with E-state index in [0.717, 1.165) is 11.4 Å². The lowest BCUT2D eigenvalue weighted by atomic mass is 9.84. The summed E-state index contributed by atoms with van der Waals surface area (Å²) in [6.07, 6.45) is -5.47. The molecule has 16 heteroatoms. The molecular weight excluding hydrogens is 514 g/mol. The lowest BCUT2D eigenvalue weighted by Gasteiger charge is -2.19. The van der Waals surface area contributed by atoms with E-state index >= 15 is 0 Å². The second-order valence-corrected chi connectivity index (χ2v) is 7.43. The van der Waals surface area contributed by atoms with E-state index in [-0.39, 0.29) is 6.07 Å². The molecule has 1 aromatic heterocycles. The molecule has 0 aliphatic heterocycles. The standard InChI is InChI=1S/C19H7BF7NO6S/c20-9-7(5(29)3-6(30)15(9)34-19(25,26)27)8-10(21)12(23)14(13(24)11(8)22)28-17(31)4-1-2-35-16(4)18(32)33/h1-3,29-30H,(H,28,31)(H,32,33). The van der Waals surface area contributed by atoms with E-state index in [1.165, 1.54) is 5.32 Å². The van der Waals surface area contributed by atoms with Gasteiger partial charge in [-0.15, -0.1) is 24.5 Å². The Balaban J connectivity index is 2.18. The Morgan fingerprint density at radius 1 is 0.971 bits per heavy atom. The van der Waals surface area contributed by atoms with E-state index in [9.17, 15) is 50.5 Å². The molecule has 3 rings (SSSR count). The number of thiophene rings is 1. The second kappa shape index (κ2) is 9.01. The first-order chi connectivity index (χ1) is 16.2. The van der Waals surface area contributed by atoms with Gasteiger partial charge >= 0.3 is 12.3 Å². The minimum absolute atomic E-state index is 0.126. The van der Waals surface area contributed by atoms with Gasteiger partial charge in [0.25, 0.3) is 5.91 Å². The van der Waals surface area contributed by atoms with E-state index in [4.69, 9.17) is 13.0 Å². The molecule has 2 aromatic carbocycles. The minimum Gasteiger partial charge on any atom is -0.507 e. The maximum Gasteiger partial charge on any atom is 0.573 e. The lowest BCUT2D eigenvalue weighted by molar-refractivity contribution is -0.274. The smallest absolute Gasteiger partial charge is 0.507 e. The molecule has 7 nitrogen and oxygen atoms in total. The lowest BCUT2D eigenvalue weighted by Crippen LogP contribution is -2.24. The maximum absolute atomic E-state index is 14.8. The number of hydrogen-bond donors (Lipinski definition) is 4. The summed E-state index contributed by atoms with van der Waals surface area (Å²) in [7, 11) is 5.34. The number of benzene rings is 2. The predicted octanol–water partition coefficient (Wildman–Crippen LogP) is 4.03. The molecule has 0 saturated heterocycles. The van der Waals surface area contributed by atoms with Crippen molar-refractivity contribution in [3.05, 3.63) is 51.2 Å². The molecule has 3 aromatic rings. The van der Waals surface area contributed by atoms with Crippen molar-refractivity contribution >= 4 is 42.2 Å². The zero-order valence-electron chi connectivity index (χ0n) is 16.4. The first kappa shape index (κ1) is 25.7. The first-order valence-electron chi connectivity index (χ1n) is 8.74. The monoisotopic (exact) mass is 521 g/mol. The first-order valence-corrected chi connectivity index (χ1v) is 9.62. The largest absolute Gasteiger partial charge is 0.573 e. The van der Waals surface area contributed by atoms with Gasteiger partial charge in [-0.1, -0.05) is 0 Å². The summed E-state index contributed by atoms with van der Waals surface area (Å²) in [6.45, 7) is 0. The van der Waals surface area contributed by atoms with Crippen molar-refractivity contribution in [2.24, 2.45) is 0 Å². The average molecular weight is 521 g/mol. The fourth-order valence-electron chi connectivity index (χ4n) is 2.94. The minimum atomic E-state index is -5.47. The van der Waals surface area contributed by atoms with Crippen molar-refractivity contribution in [3.8, 4) is 28.4 Å². The number of aromatic hydroxyl groups is 2. The molecular formula is C19H7BF7NO6S. The number of amides is 1. The van der Waals surface area contributed by atoms with Crippen LogP contribution in [0.5, 0.6) is 17.2 Å². The summed E-state index contributed by atoms with van der Waals surface area (Å²) in [6, 6.07) is 1.08. The number of phenols is 2. The quantitative estimate of drug-likeness (QED) is 0.229. The molecule has 2 radical (unpaired) electrons. The van der Waals surface area contributed by atoms with Crippen molar-refractivity contribution in [3.63, 3.8) is 0 Å². The summed E-state index contributed by atoms with van der Waals surface area (Å²) >= 11 is 0.570. The van der Waals surface area contributed by atoms with Crippen LogP contribution in [0.3, 0.4) is 0 Å². The summed E-state index contributed by atoms with van der Waals surface area (Å²) in [5, 5.41) is 31.1. The van der Waals surface area contributed by atoms with Crippen molar-refractivity contribution in [1.82, 2.24) is 0 Å². The molecule has 0 fully saturated rings. The Morgan fingerprint density at radius 3 is 2.06 bits per heavy atom.